The third-order valence-electron chi connectivity index (χ3n) is 2.82. The second kappa shape index (κ2) is 6.52. The van der Waals surface area contributed by atoms with Gasteiger partial charge in [0.15, 0.2) is 11.5 Å². The van der Waals surface area contributed by atoms with Gasteiger partial charge in [0, 0.05) is 29.1 Å². The number of thioether (sulfide) groups is 1. The monoisotopic (exact) mass is 289 g/mol. The second-order valence-electron chi connectivity index (χ2n) is 4.25. The van der Waals surface area contributed by atoms with Crippen LogP contribution in [0.5, 0.6) is 17.2 Å². The van der Waals surface area contributed by atoms with Gasteiger partial charge in [0.1, 0.15) is 5.75 Å². The molecule has 1 aromatic carbocycles. The number of nitrogens with zero attached hydrogens (tertiary/aromatic N) is 1. The zero-order chi connectivity index (χ0) is 13.6. The summed E-state index contributed by atoms with van der Waals surface area (Å²) >= 11 is 1.81. The number of aromatic nitrogens is 1. The van der Waals surface area contributed by atoms with E-state index in [0.29, 0.717) is 13.4 Å². The first-order chi connectivity index (χ1) is 9.92. The number of hydrogen-bond acceptors (Lipinski definition) is 5. The van der Waals surface area contributed by atoms with Gasteiger partial charge in [-0.05, 0) is 30.7 Å². The van der Waals surface area contributed by atoms with Crippen LogP contribution in [0, 0.1) is 0 Å². The van der Waals surface area contributed by atoms with Crippen molar-refractivity contribution in [3.05, 3.63) is 42.7 Å². The Morgan fingerprint density at radius 1 is 1.10 bits per heavy atom. The Morgan fingerprint density at radius 3 is 2.85 bits per heavy atom. The third-order valence-corrected chi connectivity index (χ3v) is 3.92. The summed E-state index contributed by atoms with van der Waals surface area (Å²) in [6.45, 7) is 0.985. The maximum Gasteiger partial charge on any atom is 0.231 e. The van der Waals surface area contributed by atoms with Gasteiger partial charge in [0.2, 0.25) is 6.79 Å². The Balaban J connectivity index is 1.40. The molecule has 20 heavy (non-hydrogen) atoms. The molecule has 0 aliphatic carbocycles. The molecule has 0 fully saturated rings. The molecule has 0 atom stereocenters. The number of benzene rings is 1. The van der Waals surface area contributed by atoms with E-state index in [1.807, 2.05) is 54.5 Å². The molecule has 1 aromatic heterocycles. The molecule has 1 aliphatic heterocycles. The van der Waals surface area contributed by atoms with E-state index in [0.717, 1.165) is 29.4 Å². The number of rotatable bonds is 6. The summed E-state index contributed by atoms with van der Waals surface area (Å²) in [6.07, 6.45) is 4.61. The molecule has 2 aromatic rings. The van der Waals surface area contributed by atoms with Crippen LogP contribution in [0.15, 0.2) is 47.6 Å². The highest BCUT2D eigenvalue weighted by Crippen LogP contribution is 2.35. The van der Waals surface area contributed by atoms with E-state index in [1.54, 1.807) is 0 Å². The van der Waals surface area contributed by atoms with Crippen LogP contribution in [-0.4, -0.2) is 24.1 Å². The molecule has 0 N–H and O–H groups in total. The van der Waals surface area contributed by atoms with Crippen molar-refractivity contribution in [2.24, 2.45) is 0 Å². The Labute approximate surface area is 122 Å². The van der Waals surface area contributed by atoms with Gasteiger partial charge in [-0.2, -0.15) is 0 Å². The van der Waals surface area contributed by atoms with Crippen molar-refractivity contribution in [1.82, 2.24) is 4.98 Å². The molecule has 1 aliphatic rings. The molecule has 0 amide bonds. The van der Waals surface area contributed by atoms with Crippen LogP contribution < -0.4 is 14.2 Å². The quantitative estimate of drug-likeness (QED) is 0.602. The van der Waals surface area contributed by atoms with Gasteiger partial charge >= 0.3 is 0 Å². The lowest BCUT2D eigenvalue weighted by Crippen LogP contribution is -1.98. The Bertz CT molecular complexity index is 562. The number of fused-ring (bicyclic) bond motifs is 1. The molecular weight excluding hydrogens is 274 g/mol. The standard InChI is InChI=1S/C15H15NO3S/c1(9-20-13-4-6-16-7-5-13)8-17-12-2-3-14-15(10-12)19-11-18-14/h2-7,10H,1,8-9,11H2. The van der Waals surface area contributed by atoms with Crippen molar-refractivity contribution in [2.75, 3.05) is 19.2 Å². The van der Waals surface area contributed by atoms with E-state index in [-0.39, 0.29) is 0 Å². The van der Waals surface area contributed by atoms with Crippen LogP contribution in [0.1, 0.15) is 6.42 Å². The molecule has 0 bridgehead atoms. The Kier molecular flexibility index (Phi) is 4.28. The second-order valence-corrected chi connectivity index (χ2v) is 5.42. The van der Waals surface area contributed by atoms with Gasteiger partial charge in [-0.15, -0.1) is 11.8 Å². The van der Waals surface area contributed by atoms with Crippen molar-refractivity contribution >= 4 is 11.8 Å². The van der Waals surface area contributed by atoms with E-state index >= 15 is 0 Å². The van der Waals surface area contributed by atoms with Crippen LogP contribution in [-0.2, 0) is 0 Å². The topological polar surface area (TPSA) is 40.6 Å². The molecule has 3 rings (SSSR count). The van der Waals surface area contributed by atoms with E-state index in [2.05, 4.69) is 4.98 Å². The largest absolute Gasteiger partial charge is 0.493 e. The van der Waals surface area contributed by atoms with Gasteiger partial charge in [-0.1, -0.05) is 0 Å². The first-order valence-corrected chi connectivity index (χ1v) is 7.46. The van der Waals surface area contributed by atoms with Gasteiger partial charge in [-0.25, -0.2) is 0 Å². The van der Waals surface area contributed by atoms with Crippen molar-refractivity contribution in [1.29, 1.82) is 0 Å². The SMILES string of the molecule is c1cc(SCCCOc2ccc3c(c2)OCO3)ccn1. The third kappa shape index (κ3) is 3.36. The Hall–Kier alpha value is -1.88. The van der Waals surface area contributed by atoms with E-state index < -0.39 is 0 Å². The molecule has 4 nitrogen and oxygen atoms in total. The van der Waals surface area contributed by atoms with Crippen LogP contribution in [0.3, 0.4) is 0 Å². The minimum absolute atomic E-state index is 0.293. The molecule has 0 saturated heterocycles. The summed E-state index contributed by atoms with van der Waals surface area (Å²) in [5, 5.41) is 0. The molecule has 104 valence electrons. The highest BCUT2D eigenvalue weighted by molar-refractivity contribution is 7.99. The first-order valence-electron chi connectivity index (χ1n) is 6.47. The normalized spacial score (nSPS) is 12.4. The number of ether oxygens (including phenoxy) is 3. The van der Waals surface area contributed by atoms with Crippen LogP contribution in [0.25, 0.3) is 0 Å². The fraction of sp³-hybridized carbons (Fsp3) is 0.267. The zero-order valence-corrected chi connectivity index (χ0v) is 11.8. The lowest BCUT2D eigenvalue weighted by Gasteiger charge is -2.06. The molecule has 0 unspecified atom stereocenters. The average molecular weight is 289 g/mol. The van der Waals surface area contributed by atoms with Crippen molar-refractivity contribution in [3.63, 3.8) is 0 Å². The highest BCUT2D eigenvalue weighted by atomic mass is 32.2. The fourth-order valence-corrected chi connectivity index (χ4v) is 2.65. The van der Waals surface area contributed by atoms with Crippen molar-refractivity contribution in [3.8, 4) is 17.2 Å². The van der Waals surface area contributed by atoms with Crippen molar-refractivity contribution < 1.29 is 14.2 Å². The fourth-order valence-electron chi connectivity index (χ4n) is 1.84. The van der Waals surface area contributed by atoms with E-state index in [4.69, 9.17) is 14.2 Å². The Morgan fingerprint density at radius 2 is 1.95 bits per heavy atom. The van der Waals surface area contributed by atoms with Crippen LogP contribution in [0.2, 0.25) is 0 Å². The predicted molar refractivity (Wildman–Crippen MR) is 77.6 cm³/mol. The van der Waals surface area contributed by atoms with E-state index in [1.165, 1.54) is 4.90 Å². The molecule has 0 spiro atoms. The van der Waals surface area contributed by atoms with Gasteiger partial charge in [-0.3, -0.25) is 4.98 Å². The highest BCUT2D eigenvalue weighted by Gasteiger charge is 2.13. The van der Waals surface area contributed by atoms with Gasteiger partial charge < -0.3 is 14.2 Å². The summed E-state index contributed by atoms with van der Waals surface area (Å²) in [5.41, 5.74) is 0. The summed E-state index contributed by atoms with van der Waals surface area (Å²) < 4.78 is 16.3. The first kappa shape index (κ1) is 13.1. The molecule has 2 heterocycles. The number of hydrogen-bond donors (Lipinski definition) is 0. The number of pyridine rings is 1. The lowest BCUT2D eigenvalue weighted by atomic mass is 10.3. The maximum atomic E-state index is 5.71. The zero-order valence-electron chi connectivity index (χ0n) is 11.0. The minimum atomic E-state index is 0.293. The maximum absolute atomic E-state index is 5.71. The molecule has 5 heteroatoms. The van der Waals surface area contributed by atoms with Crippen molar-refractivity contribution in [2.45, 2.75) is 11.3 Å². The summed E-state index contributed by atoms with van der Waals surface area (Å²) in [5.74, 6) is 3.39. The predicted octanol–water partition coefficient (Wildman–Crippen LogP) is 3.37. The van der Waals surface area contributed by atoms with Crippen LogP contribution >= 0.6 is 11.8 Å². The summed E-state index contributed by atoms with van der Waals surface area (Å²) in [6, 6.07) is 9.69. The lowest BCUT2D eigenvalue weighted by molar-refractivity contribution is 0.173. The smallest absolute Gasteiger partial charge is 0.231 e. The van der Waals surface area contributed by atoms with E-state index in [9.17, 15) is 0 Å². The van der Waals surface area contributed by atoms with Gasteiger partial charge in [0.05, 0.1) is 6.61 Å². The van der Waals surface area contributed by atoms with Crippen LogP contribution in [0.4, 0.5) is 0 Å². The molecule has 0 radical (unpaired) electrons. The average Bonchev–Trinajstić information content (AvgIpc) is 2.95. The summed E-state index contributed by atoms with van der Waals surface area (Å²) in [7, 11) is 0. The molecular formula is C15H15NO3S. The molecule has 0 saturated carbocycles. The minimum Gasteiger partial charge on any atom is -0.493 e. The summed E-state index contributed by atoms with van der Waals surface area (Å²) in [4.78, 5) is 5.24. The van der Waals surface area contributed by atoms with Gasteiger partial charge in [0.25, 0.3) is 0 Å².